The second-order valence-corrected chi connectivity index (χ2v) is 8.21. The van der Waals surface area contributed by atoms with Crippen LogP contribution in [0.15, 0.2) is 50.7 Å². The van der Waals surface area contributed by atoms with Gasteiger partial charge >= 0.3 is 0 Å². The van der Waals surface area contributed by atoms with Gasteiger partial charge in [0.25, 0.3) is 0 Å². The number of fused-ring (bicyclic) bond motifs is 1. The SMILES string of the molecule is Cc1cc(Br)c(C(Br)c2csc3ccccc23)cc1Br. The molecule has 0 radical (unpaired) electrons. The van der Waals surface area contributed by atoms with Gasteiger partial charge in [0.05, 0.1) is 4.83 Å². The van der Waals surface area contributed by atoms with Crippen LogP contribution in [0, 0.1) is 6.92 Å². The maximum Gasteiger partial charge on any atom is 0.0670 e. The minimum atomic E-state index is 0.185. The van der Waals surface area contributed by atoms with Gasteiger partial charge in [0.1, 0.15) is 0 Å². The molecule has 1 atom stereocenters. The standard InChI is InChI=1S/C16H11Br3S/c1-9-6-14(18)11(7-13(9)17)16(19)12-8-20-15-5-3-2-4-10(12)15/h2-8,16H,1H3. The fourth-order valence-corrected chi connectivity index (χ4v) is 5.49. The van der Waals surface area contributed by atoms with Crippen molar-refractivity contribution in [1.82, 2.24) is 0 Å². The lowest BCUT2D eigenvalue weighted by Gasteiger charge is -2.14. The molecule has 0 N–H and O–H groups in total. The Morgan fingerprint density at radius 1 is 1.00 bits per heavy atom. The number of hydrogen-bond donors (Lipinski definition) is 0. The van der Waals surface area contributed by atoms with E-state index < -0.39 is 0 Å². The summed E-state index contributed by atoms with van der Waals surface area (Å²) in [4.78, 5) is 0.185. The molecule has 0 saturated carbocycles. The zero-order valence-corrected chi connectivity index (χ0v) is 16.2. The second-order valence-electron chi connectivity index (χ2n) is 4.67. The molecule has 0 fully saturated rings. The molecule has 0 aliphatic heterocycles. The summed E-state index contributed by atoms with van der Waals surface area (Å²) in [6, 6.07) is 12.9. The minimum Gasteiger partial charge on any atom is -0.143 e. The van der Waals surface area contributed by atoms with Crippen LogP contribution in [-0.4, -0.2) is 0 Å². The van der Waals surface area contributed by atoms with E-state index in [2.05, 4.69) is 96.5 Å². The molecule has 0 aliphatic carbocycles. The summed E-state index contributed by atoms with van der Waals surface area (Å²) < 4.78 is 3.60. The van der Waals surface area contributed by atoms with Gasteiger partial charge in [-0.3, -0.25) is 0 Å². The van der Waals surface area contributed by atoms with Crippen molar-refractivity contribution in [3.05, 3.63) is 67.4 Å². The first-order chi connectivity index (χ1) is 9.58. The summed E-state index contributed by atoms with van der Waals surface area (Å²) in [6.45, 7) is 2.10. The van der Waals surface area contributed by atoms with Gasteiger partial charge in [0.15, 0.2) is 0 Å². The zero-order chi connectivity index (χ0) is 14.3. The van der Waals surface area contributed by atoms with Crippen molar-refractivity contribution in [2.45, 2.75) is 11.8 Å². The highest BCUT2D eigenvalue weighted by molar-refractivity contribution is 9.11. The highest BCUT2D eigenvalue weighted by Crippen LogP contribution is 2.42. The van der Waals surface area contributed by atoms with E-state index in [0.29, 0.717) is 0 Å². The summed E-state index contributed by atoms with van der Waals surface area (Å²) in [7, 11) is 0. The Morgan fingerprint density at radius 2 is 1.75 bits per heavy atom. The second kappa shape index (κ2) is 5.91. The van der Waals surface area contributed by atoms with Crippen molar-refractivity contribution in [3.8, 4) is 0 Å². The molecule has 0 bridgehead atoms. The van der Waals surface area contributed by atoms with Crippen molar-refractivity contribution in [2.75, 3.05) is 0 Å². The number of alkyl halides is 1. The van der Waals surface area contributed by atoms with Gasteiger partial charge in [-0.1, -0.05) is 66.0 Å². The topological polar surface area (TPSA) is 0 Å². The molecule has 0 aliphatic rings. The molecule has 3 aromatic rings. The number of benzene rings is 2. The highest BCUT2D eigenvalue weighted by Gasteiger charge is 2.18. The van der Waals surface area contributed by atoms with Crippen molar-refractivity contribution >= 4 is 69.2 Å². The average Bonchev–Trinajstić information content (AvgIpc) is 2.86. The van der Waals surface area contributed by atoms with Gasteiger partial charge in [0.2, 0.25) is 0 Å². The third kappa shape index (κ3) is 2.63. The summed E-state index contributed by atoms with van der Waals surface area (Å²) in [5, 5.41) is 3.56. The number of rotatable bonds is 2. The third-order valence-electron chi connectivity index (χ3n) is 3.33. The molecule has 0 spiro atoms. The molecule has 20 heavy (non-hydrogen) atoms. The first-order valence-electron chi connectivity index (χ1n) is 6.13. The quantitative estimate of drug-likeness (QED) is 0.344. The maximum atomic E-state index is 3.86. The van der Waals surface area contributed by atoms with Crippen LogP contribution in [0.5, 0.6) is 0 Å². The van der Waals surface area contributed by atoms with Crippen LogP contribution < -0.4 is 0 Å². The van der Waals surface area contributed by atoms with Gasteiger partial charge in [-0.2, -0.15) is 0 Å². The van der Waals surface area contributed by atoms with Crippen LogP contribution in [0.4, 0.5) is 0 Å². The molecular formula is C16H11Br3S. The smallest absolute Gasteiger partial charge is 0.0670 e. The minimum absolute atomic E-state index is 0.185. The lowest BCUT2D eigenvalue weighted by molar-refractivity contribution is 1.18. The molecule has 102 valence electrons. The molecule has 2 aromatic carbocycles. The monoisotopic (exact) mass is 472 g/mol. The summed E-state index contributed by atoms with van der Waals surface area (Å²) in [5.41, 5.74) is 3.79. The van der Waals surface area contributed by atoms with Crippen LogP contribution in [0.1, 0.15) is 21.5 Å². The van der Waals surface area contributed by atoms with Crippen LogP contribution in [0.25, 0.3) is 10.1 Å². The van der Waals surface area contributed by atoms with E-state index in [1.54, 1.807) is 11.3 Å². The lowest BCUT2D eigenvalue weighted by atomic mass is 10.0. The van der Waals surface area contributed by atoms with Gasteiger partial charge in [-0.15, -0.1) is 11.3 Å². The van der Waals surface area contributed by atoms with Crippen molar-refractivity contribution in [2.24, 2.45) is 0 Å². The molecule has 4 heteroatoms. The first-order valence-corrected chi connectivity index (χ1v) is 9.52. The average molecular weight is 475 g/mol. The number of thiophene rings is 1. The molecule has 3 rings (SSSR count). The van der Waals surface area contributed by atoms with Crippen molar-refractivity contribution in [3.63, 3.8) is 0 Å². The van der Waals surface area contributed by atoms with Gasteiger partial charge in [0, 0.05) is 13.6 Å². The lowest BCUT2D eigenvalue weighted by Crippen LogP contribution is -1.94. The molecular weight excluding hydrogens is 464 g/mol. The normalized spacial score (nSPS) is 12.8. The summed E-state index contributed by atoms with van der Waals surface area (Å²) in [5.74, 6) is 0. The first kappa shape index (κ1) is 14.8. The van der Waals surface area contributed by atoms with E-state index in [1.165, 1.54) is 26.8 Å². The largest absolute Gasteiger partial charge is 0.143 e. The molecule has 0 nitrogen and oxygen atoms in total. The molecule has 1 heterocycles. The zero-order valence-electron chi connectivity index (χ0n) is 10.7. The number of hydrogen-bond acceptors (Lipinski definition) is 1. The van der Waals surface area contributed by atoms with Crippen LogP contribution in [-0.2, 0) is 0 Å². The Labute approximate surface area is 147 Å². The predicted molar refractivity (Wildman–Crippen MR) is 99.2 cm³/mol. The Kier molecular flexibility index (Phi) is 4.37. The maximum absolute atomic E-state index is 3.86. The van der Waals surface area contributed by atoms with E-state index in [0.717, 1.165) is 8.95 Å². The van der Waals surface area contributed by atoms with Gasteiger partial charge in [-0.25, -0.2) is 0 Å². The van der Waals surface area contributed by atoms with Crippen molar-refractivity contribution < 1.29 is 0 Å². The Bertz CT molecular complexity index is 776. The van der Waals surface area contributed by atoms with E-state index in [9.17, 15) is 0 Å². The molecule has 0 amide bonds. The van der Waals surface area contributed by atoms with Crippen LogP contribution in [0.2, 0.25) is 0 Å². The number of aryl methyl sites for hydroxylation is 1. The molecule has 1 unspecified atom stereocenters. The summed E-state index contributed by atoms with van der Waals surface area (Å²) >= 11 is 13.0. The van der Waals surface area contributed by atoms with E-state index >= 15 is 0 Å². The number of halogens is 3. The predicted octanol–water partition coefficient (Wildman–Crippen LogP) is 7.22. The van der Waals surface area contributed by atoms with Crippen LogP contribution in [0.3, 0.4) is 0 Å². The Hall–Kier alpha value is -0.160. The fraction of sp³-hybridized carbons (Fsp3) is 0.125. The van der Waals surface area contributed by atoms with E-state index in [4.69, 9.17) is 0 Å². The molecule has 1 aromatic heterocycles. The highest BCUT2D eigenvalue weighted by atomic mass is 79.9. The van der Waals surface area contributed by atoms with Gasteiger partial charge in [-0.05, 0) is 52.6 Å². The van der Waals surface area contributed by atoms with E-state index in [-0.39, 0.29) is 4.83 Å². The third-order valence-corrected chi connectivity index (χ3v) is 6.84. The van der Waals surface area contributed by atoms with Crippen LogP contribution >= 0.6 is 59.1 Å². The Morgan fingerprint density at radius 3 is 2.55 bits per heavy atom. The fourth-order valence-electron chi connectivity index (χ4n) is 2.22. The Balaban J connectivity index is 2.13. The summed E-state index contributed by atoms with van der Waals surface area (Å²) in [6.07, 6.45) is 0. The van der Waals surface area contributed by atoms with E-state index in [1.807, 2.05) is 0 Å². The van der Waals surface area contributed by atoms with Crippen molar-refractivity contribution in [1.29, 1.82) is 0 Å². The molecule has 0 saturated heterocycles. The van der Waals surface area contributed by atoms with Gasteiger partial charge < -0.3 is 0 Å².